The molecular formula is C18H28N4O2. The maximum atomic E-state index is 12.4. The van der Waals surface area contributed by atoms with E-state index in [1.807, 2.05) is 22.7 Å². The summed E-state index contributed by atoms with van der Waals surface area (Å²) in [6.07, 6.45) is 10.5. The van der Waals surface area contributed by atoms with E-state index < -0.39 is 0 Å². The molecule has 2 aliphatic rings. The van der Waals surface area contributed by atoms with Gasteiger partial charge >= 0.3 is 0 Å². The smallest absolute Gasteiger partial charge is 0.225 e. The first-order valence-electron chi connectivity index (χ1n) is 9.18. The Morgan fingerprint density at radius 3 is 2.50 bits per heavy atom. The number of carbonyl (C=O) groups is 2. The van der Waals surface area contributed by atoms with Gasteiger partial charge in [0.1, 0.15) is 5.82 Å². The zero-order chi connectivity index (χ0) is 16.9. The molecule has 1 aromatic heterocycles. The number of hydrogen-bond donors (Lipinski definition) is 1. The topological polar surface area (TPSA) is 67.2 Å². The van der Waals surface area contributed by atoms with E-state index in [1.165, 1.54) is 12.8 Å². The predicted octanol–water partition coefficient (Wildman–Crippen LogP) is 1.51. The minimum atomic E-state index is 0.0407. The molecule has 0 atom stereocenters. The van der Waals surface area contributed by atoms with Crippen LogP contribution >= 0.6 is 0 Å². The number of nitrogens with zero attached hydrogens (tertiary/aromatic N) is 3. The fourth-order valence-electron chi connectivity index (χ4n) is 3.87. The Bertz CT molecular complexity index is 569. The molecule has 1 aliphatic heterocycles. The summed E-state index contributed by atoms with van der Waals surface area (Å²) in [7, 11) is 1.96. The van der Waals surface area contributed by atoms with Crippen LogP contribution in [0.1, 0.15) is 44.3 Å². The summed E-state index contributed by atoms with van der Waals surface area (Å²) in [5, 5.41) is 3.02. The molecule has 1 N–H and O–H groups in total. The van der Waals surface area contributed by atoms with E-state index in [0.29, 0.717) is 12.5 Å². The molecule has 6 nitrogen and oxygen atoms in total. The third-order valence-corrected chi connectivity index (χ3v) is 5.45. The molecule has 1 aliphatic carbocycles. The van der Waals surface area contributed by atoms with Crippen molar-refractivity contribution in [3.05, 3.63) is 18.2 Å². The van der Waals surface area contributed by atoms with Gasteiger partial charge in [-0.2, -0.15) is 0 Å². The first-order chi connectivity index (χ1) is 11.6. The second-order valence-corrected chi connectivity index (χ2v) is 7.08. The Morgan fingerprint density at radius 1 is 1.17 bits per heavy atom. The van der Waals surface area contributed by atoms with Gasteiger partial charge in [-0.3, -0.25) is 9.59 Å². The number of aromatic nitrogens is 2. The largest absolute Gasteiger partial charge is 0.355 e. The van der Waals surface area contributed by atoms with Crippen LogP contribution in [0.2, 0.25) is 0 Å². The third-order valence-electron chi connectivity index (χ3n) is 5.45. The van der Waals surface area contributed by atoms with Gasteiger partial charge in [0.25, 0.3) is 0 Å². The number of likely N-dealkylation sites (tertiary alicyclic amines) is 1. The van der Waals surface area contributed by atoms with Gasteiger partial charge in [0.2, 0.25) is 11.8 Å². The van der Waals surface area contributed by atoms with Crippen LogP contribution in [-0.4, -0.2) is 45.9 Å². The van der Waals surface area contributed by atoms with Crippen LogP contribution in [0, 0.1) is 11.8 Å². The van der Waals surface area contributed by atoms with E-state index >= 15 is 0 Å². The molecule has 3 rings (SSSR count). The fraction of sp³-hybridized carbons (Fsp3) is 0.722. The summed E-state index contributed by atoms with van der Waals surface area (Å²) in [4.78, 5) is 31.0. The molecule has 6 heteroatoms. The third kappa shape index (κ3) is 3.97. The van der Waals surface area contributed by atoms with Crippen molar-refractivity contribution in [1.82, 2.24) is 19.8 Å². The summed E-state index contributed by atoms with van der Waals surface area (Å²) >= 11 is 0. The van der Waals surface area contributed by atoms with Crippen molar-refractivity contribution in [2.24, 2.45) is 18.9 Å². The van der Waals surface area contributed by atoms with Gasteiger partial charge in [-0.25, -0.2) is 4.98 Å². The highest BCUT2D eigenvalue weighted by molar-refractivity contribution is 5.81. The summed E-state index contributed by atoms with van der Waals surface area (Å²) < 4.78 is 1.97. The lowest BCUT2D eigenvalue weighted by molar-refractivity contribution is -0.139. The van der Waals surface area contributed by atoms with Gasteiger partial charge < -0.3 is 14.8 Å². The minimum Gasteiger partial charge on any atom is -0.355 e. The van der Waals surface area contributed by atoms with Gasteiger partial charge in [-0.15, -0.1) is 0 Å². The lowest BCUT2D eigenvalue weighted by atomic mass is 9.94. The molecule has 1 aromatic rings. The second kappa shape index (κ2) is 7.81. The molecule has 24 heavy (non-hydrogen) atoms. The van der Waals surface area contributed by atoms with Crippen LogP contribution in [0.5, 0.6) is 0 Å². The molecule has 0 spiro atoms. The molecule has 2 fully saturated rings. The van der Waals surface area contributed by atoms with Crippen molar-refractivity contribution in [3.63, 3.8) is 0 Å². The van der Waals surface area contributed by atoms with Gasteiger partial charge in [-0.05, 0) is 25.7 Å². The van der Waals surface area contributed by atoms with Crippen LogP contribution in [0.25, 0.3) is 0 Å². The highest BCUT2D eigenvalue weighted by Crippen LogP contribution is 2.28. The number of carbonyl (C=O) groups excluding carboxylic acids is 2. The van der Waals surface area contributed by atoms with Crippen molar-refractivity contribution < 1.29 is 9.59 Å². The minimum absolute atomic E-state index is 0.0407. The summed E-state index contributed by atoms with van der Waals surface area (Å²) in [6.45, 7) is 2.07. The highest BCUT2D eigenvalue weighted by atomic mass is 16.2. The van der Waals surface area contributed by atoms with Gasteiger partial charge in [-0.1, -0.05) is 12.8 Å². The first kappa shape index (κ1) is 17.0. The van der Waals surface area contributed by atoms with Crippen LogP contribution in [0.4, 0.5) is 0 Å². The highest BCUT2D eigenvalue weighted by Gasteiger charge is 2.31. The Hall–Kier alpha value is -1.85. The van der Waals surface area contributed by atoms with E-state index in [-0.39, 0.29) is 17.7 Å². The van der Waals surface area contributed by atoms with Gasteiger partial charge in [0, 0.05) is 57.3 Å². The van der Waals surface area contributed by atoms with Crippen molar-refractivity contribution in [2.75, 3.05) is 19.6 Å². The Balaban J connectivity index is 1.38. The van der Waals surface area contributed by atoms with Crippen molar-refractivity contribution in [3.8, 4) is 0 Å². The van der Waals surface area contributed by atoms with Crippen LogP contribution in [0.3, 0.4) is 0 Å². The average Bonchev–Trinajstić information content (AvgIpc) is 3.26. The number of piperidine rings is 1. The lowest BCUT2D eigenvalue weighted by Crippen LogP contribution is -2.45. The molecule has 0 bridgehead atoms. The molecule has 0 unspecified atom stereocenters. The standard InChI is InChI=1S/C18H28N4O2/c1-21-13-10-19-16(21)6-9-20-17(23)14-7-11-22(12-8-14)18(24)15-4-2-3-5-15/h10,13-15H,2-9,11-12H2,1H3,(H,20,23). The second-order valence-electron chi connectivity index (χ2n) is 7.08. The van der Waals surface area contributed by atoms with Gasteiger partial charge in [0.05, 0.1) is 0 Å². The van der Waals surface area contributed by atoms with E-state index in [4.69, 9.17) is 0 Å². The molecule has 0 radical (unpaired) electrons. The molecule has 0 aromatic carbocycles. The molecule has 1 saturated heterocycles. The molecule has 2 heterocycles. The molecular weight excluding hydrogens is 304 g/mol. The van der Waals surface area contributed by atoms with E-state index in [1.54, 1.807) is 6.20 Å². The first-order valence-corrected chi connectivity index (χ1v) is 9.18. The normalized spacial score (nSPS) is 19.6. The summed E-state index contributed by atoms with van der Waals surface area (Å²) in [5.74, 6) is 1.71. The lowest BCUT2D eigenvalue weighted by Gasteiger charge is -2.33. The van der Waals surface area contributed by atoms with Gasteiger partial charge in [0.15, 0.2) is 0 Å². The zero-order valence-electron chi connectivity index (χ0n) is 14.5. The Morgan fingerprint density at radius 2 is 1.88 bits per heavy atom. The maximum Gasteiger partial charge on any atom is 0.225 e. The van der Waals surface area contributed by atoms with E-state index in [2.05, 4.69) is 10.3 Å². The van der Waals surface area contributed by atoms with E-state index in [9.17, 15) is 9.59 Å². The fourth-order valence-corrected chi connectivity index (χ4v) is 3.87. The number of aryl methyl sites for hydroxylation is 1. The maximum absolute atomic E-state index is 12.4. The molecule has 132 valence electrons. The quantitative estimate of drug-likeness (QED) is 0.889. The number of rotatable bonds is 5. The number of amides is 2. The predicted molar refractivity (Wildman–Crippen MR) is 91.2 cm³/mol. The zero-order valence-corrected chi connectivity index (χ0v) is 14.5. The van der Waals surface area contributed by atoms with Crippen LogP contribution in [0.15, 0.2) is 12.4 Å². The molecule has 1 saturated carbocycles. The number of imidazole rings is 1. The van der Waals surface area contributed by atoms with Crippen LogP contribution in [-0.2, 0) is 23.1 Å². The number of nitrogens with one attached hydrogen (secondary N) is 1. The van der Waals surface area contributed by atoms with E-state index in [0.717, 1.165) is 51.0 Å². The van der Waals surface area contributed by atoms with Crippen molar-refractivity contribution in [2.45, 2.75) is 44.9 Å². The Labute approximate surface area is 143 Å². The molecule has 2 amide bonds. The van der Waals surface area contributed by atoms with Crippen molar-refractivity contribution >= 4 is 11.8 Å². The Kier molecular flexibility index (Phi) is 5.53. The van der Waals surface area contributed by atoms with Crippen molar-refractivity contribution in [1.29, 1.82) is 0 Å². The summed E-state index contributed by atoms with van der Waals surface area (Å²) in [6, 6.07) is 0. The SMILES string of the molecule is Cn1ccnc1CCNC(=O)C1CCN(C(=O)C2CCCC2)CC1. The average molecular weight is 332 g/mol. The van der Waals surface area contributed by atoms with Crippen LogP contribution < -0.4 is 5.32 Å². The summed E-state index contributed by atoms with van der Waals surface area (Å²) in [5.41, 5.74) is 0. The monoisotopic (exact) mass is 332 g/mol. The number of hydrogen-bond acceptors (Lipinski definition) is 3.